The lowest BCUT2D eigenvalue weighted by atomic mass is 10.3. The lowest BCUT2D eigenvalue weighted by molar-refractivity contribution is 0.230. The Morgan fingerprint density at radius 2 is 2.33 bits per heavy atom. The minimum Gasteiger partial charge on any atom is -0.478 e. The molecule has 1 aliphatic rings. The maximum atomic E-state index is 11.0. The van der Waals surface area contributed by atoms with Crippen LogP contribution in [0, 0.1) is 0 Å². The Morgan fingerprint density at radius 1 is 1.40 bits per heavy atom. The van der Waals surface area contributed by atoms with E-state index in [1.165, 1.54) is 6.07 Å². The van der Waals surface area contributed by atoms with Gasteiger partial charge in [0.05, 0.1) is 12.3 Å². The molecule has 6 heteroatoms. The molecule has 0 fully saturated rings. The second-order valence-corrected chi connectivity index (χ2v) is 3.47. The van der Waals surface area contributed by atoms with Crippen LogP contribution in [0.15, 0.2) is 16.9 Å². The average Bonchev–Trinajstić information content (AvgIpc) is 2.82. The Bertz CT molecular complexity index is 513. The highest BCUT2D eigenvalue weighted by atomic mass is 16.5. The molecule has 6 nitrogen and oxygen atoms in total. The van der Waals surface area contributed by atoms with Crippen molar-refractivity contribution in [1.82, 2.24) is 20.0 Å². The third kappa shape index (κ3) is 1.34. The third-order valence-electron chi connectivity index (χ3n) is 2.38. The number of fused-ring (bicyclic) bond motifs is 1. The van der Waals surface area contributed by atoms with E-state index in [1.54, 1.807) is 0 Å². The van der Waals surface area contributed by atoms with E-state index >= 15 is 0 Å². The van der Waals surface area contributed by atoms with E-state index in [-0.39, 0.29) is 5.56 Å². The number of hydrogen-bond donors (Lipinski definition) is 2. The molecule has 0 aliphatic carbocycles. The predicted molar refractivity (Wildman–Crippen MR) is 52.7 cm³/mol. The summed E-state index contributed by atoms with van der Waals surface area (Å²) in [7, 11) is 0. The highest BCUT2D eigenvalue weighted by Gasteiger charge is 2.14. The Balaban J connectivity index is 2.06. The summed E-state index contributed by atoms with van der Waals surface area (Å²) in [6.45, 7) is 1.60. The van der Waals surface area contributed by atoms with Gasteiger partial charge in [-0.1, -0.05) is 0 Å². The molecule has 0 saturated heterocycles. The first kappa shape index (κ1) is 8.34. The minimum absolute atomic E-state index is 0.156. The van der Waals surface area contributed by atoms with Crippen molar-refractivity contribution in [2.24, 2.45) is 0 Å². The van der Waals surface area contributed by atoms with Crippen LogP contribution in [0.25, 0.3) is 11.4 Å². The van der Waals surface area contributed by atoms with Crippen LogP contribution in [0.2, 0.25) is 0 Å². The van der Waals surface area contributed by atoms with Crippen LogP contribution in [0.1, 0.15) is 6.42 Å². The Labute approximate surface area is 84.9 Å². The number of ether oxygens (including phenoxy) is 1. The molecule has 15 heavy (non-hydrogen) atoms. The predicted octanol–water partition coefficient (Wildman–Crippen LogP) is 0.349. The van der Waals surface area contributed by atoms with Crippen molar-refractivity contribution in [3.8, 4) is 17.3 Å². The van der Waals surface area contributed by atoms with Crippen molar-refractivity contribution in [3.63, 3.8) is 0 Å². The molecule has 1 aliphatic heterocycles. The molecule has 3 heterocycles. The van der Waals surface area contributed by atoms with Gasteiger partial charge in [-0.15, -0.1) is 0 Å². The van der Waals surface area contributed by atoms with Crippen LogP contribution < -0.4 is 10.3 Å². The van der Waals surface area contributed by atoms with Gasteiger partial charge < -0.3 is 4.74 Å². The normalized spacial score (nSPS) is 14.7. The van der Waals surface area contributed by atoms with Gasteiger partial charge in [-0.25, -0.2) is 4.68 Å². The van der Waals surface area contributed by atoms with Gasteiger partial charge in [0.15, 0.2) is 0 Å². The molecule has 0 saturated carbocycles. The highest BCUT2D eigenvalue weighted by molar-refractivity contribution is 5.54. The zero-order valence-electron chi connectivity index (χ0n) is 7.99. The standard InChI is InChI=1S/C9H10N4O2/c14-8-4-6(10-11-8)7-5-9-13(12-7)2-1-3-15-9/h4-5H,1-3H2,(H2,10,11,14). The number of hydrogen-bond acceptors (Lipinski definition) is 3. The Kier molecular flexibility index (Phi) is 1.67. The van der Waals surface area contributed by atoms with Crippen LogP contribution in [0.4, 0.5) is 0 Å². The van der Waals surface area contributed by atoms with Crippen molar-refractivity contribution in [1.29, 1.82) is 0 Å². The molecule has 2 N–H and O–H groups in total. The fraction of sp³-hybridized carbons (Fsp3) is 0.333. The van der Waals surface area contributed by atoms with Gasteiger partial charge in [-0.3, -0.25) is 15.0 Å². The zero-order chi connectivity index (χ0) is 10.3. The molecular weight excluding hydrogens is 196 g/mol. The number of aryl methyl sites for hydroxylation is 1. The Morgan fingerprint density at radius 3 is 3.07 bits per heavy atom. The van der Waals surface area contributed by atoms with Gasteiger partial charge in [0.25, 0.3) is 5.56 Å². The first-order valence-electron chi connectivity index (χ1n) is 4.82. The van der Waals surface area contributed by atoms with Gasteiger partial charge in [0.1, 0.15) is 5.69 Å². The maximum absolute atomic E-state index is 11.0. The lowest BCUT2D eigenvalue weighted by Crippen LogP contribution is -2.14. The fourth-order valence-corrected chi connectivity index (χ4v) is 1.67. The number of aromatic nitrogens is 4. The average molecular weight is 206 g/mol. The molecule has 0 radical (unpaired) electrons. The molecule has 0 spiro atoms. The van der Waals surface area contributed by atoms with Gasteiger partial charge in [-0.2, -0.15) is 5.10 Å². The number of H-pyrrole nitrogens is 2. The summed E-state index contributed by atoms with van der Waals surface area (Å²) < 4.78 is 7.24. The summed E-state index contributed by atoms with van der Waals surface area (Å²) >= 11 is 0. The monoisotopic (exact) mass is 206 g/mol. The molecule has 0 unspecified atom stereocenters. The zero-order valence-corrected chi connectivity index (χ0v) is 7.99. The first-order chi connectivity index (χ1) is 7.33. The minimum atomic E-state index is -0.156. The lowest BCUT2D eigenvalue weighted by Gasteiger charge is -2.13. The second-order valence-electron chi connectivity index (χ2n) is 3.47. The van der Waals surface area contributed by atoms with Crippen molar-refractivity contribution in [3.05, 3.63) is 22.5 Å². The molecule has 0 aromatic carbocycles. The van der Waals surface area contributed by atoms with Crippen molar-refractivity contribution in [2.75, 3.05) is 6.61 Å². The molecule has 2 aromatic rings. The van der Waals surface area contributed by atoms with E-state index in [0.717, 1.165) is 31.1 Å². The number of nitrogens with one attached hydrogen (secondary N) is 2. The second kappa shape index (κ2) is 3.01. The van der Waals surface area contributed by atoms with Gasteiger partial charge in [-0.05, 0) is 0 Å². The largest absolute Gasteiger partial charge is 0.478 e. The van der Waals surface area contributed by atoms with Crippen LogP contribution in [0.3, 0.4) is 0 Å². The van der Waals surface area contributed by atoms with Crippen molar-refractivity contribution in [2.45, 2.75) is 13.0 Å². The summed E-state index contributed by atoms with van der Waals surface area (Å²) in [5, 5.41) is 9.57. The van der Waals surface area contributed by atoms with E-state index < -0.39 is 0 Å². The number of nitrogens with zero attached hydrogens (tertiary/aromatic N) is 2. The SMILES string of the molecule is O=c1cc(-c2cc3n(n2)CCCO3)[nH][nH]1. The summed E-state index contributed by atoms with van der Waals surface area (Å²) in [5.74, 6) is 0.762. The maximum Gasteiger partial charge on any atom is 0.264 e. The third-order valence-corrected chi connectivity index (χ3v) is 2.38. The van der Waals surface area contributed by atoms with Crippen LogP contribution in [0.5, 0.6) is 5.88 Å². The molecule has 78 valence electrons. The van der Waals surface area contributed by atoms with E-state index in [0.29, 0.717) is 5.69 Å². The topological polar surface area (TPSA) is 75.7 Å². The quantitative estimate of drug-likeness (QED) is 0.706. The summed E-state index contributed by atoms with van der Waals surface area (Å²) in [6.07, 6.45) is 0.970. The van der Waals surface area contributed by atoms with E-state index in [4.69, 9.17) is 4.74 Å². The molecule has 0 bridgehead atoms. The number of rotatable bonds is 1. The smallest absolute Gasteiger partial charge is 0.264 e. The van der Waals surface area contributed by atoms with Crippen molar-refractivity contribution < 1.29 is 4.74 Å². The summed E-state index contributed by atoms with van der Waals surface area (Å²) in [5.41, 5.74) is 1.26. The fourth-order valence-electron chi connectivity index (χ4n) is 1.67. The molecule has 0 amide bonds. The first-order valence-corrected chi connectivity index (χ1v) is 4.82. The van der Waals surface area contributed by atoms with Crippen LogP contribution in [-0.4, -0.2) is 26.6 Å². The van der Waals surface area contributed by atoms with Gasteiger partial charge >= 0.3 is 0 Å². The van der Waals surface area contributed by atoms with Crippen LogP contribution >= 0.6 is 0 Å². The molecule has 2 aromatic heterocycles. The summed E-state index contributed by atoms with van der Waals surface area (Å²) in [6, 6.07) is 3.31. The molecular formula is C9H10N4O2. The van der Waals surface area contributed by atoms with Gasteiger partial charge in [0.2, 0.25) is 5.88 Å². The van der Waals surface area contributed by atoms with Crippen LogP contribution in [-0.2, 0) is 6.54 Å². The van der Waals surface area contributed by atoms with Crippen molar-refractivity contribution >= 4 is 0 Å². The summed E-state index contributed by atoms with van der Waals surface area (Å²) in [4.78, 5) is 11.0. The Hall–Kier alpha value is -1.98. The molecule has 0 atom stereocenters. The van der Waals surface area contributed by atoms with E-state index in [1.807, 2.05) is 10.7 Å². The van der Waals surface area contributed by atoms with Gasteiger partial charge in [0, 0.05) is 25.1 Å². The number of aromatic amines is 2. The van der Waals surface area contributed by atoms with E-state index in [2.05, 4.69) is 15.3 Å². The highest BCUT2D eigenvalue weighted by Crippen LogP contribution is 2.23. The van der Waals surface area contributed by atoms with E-state index in [9.17, 15) is 4.79 Å². The molecule has 3 rings (SSSR count).